The number of nitrogens with zero attached hydrogens (tertiary/aromatic N) is 1. The molecule has 1 nitrogen and oxygen atoms in total. The highest BCUT2D eigenvalue weighted by molar-refractivity contribution is 6.32. The van der Waals surface area contributed by atoms with E-state index in [0.29, 0.717) is 10.0 Å². The predicted molar refractivity (Wildman–Crippen MR) is 50.6 cm³/mol. The molecular formula is C9H4Cl2N. The van der Waals surface area contributed by atoms with Crippen molar-refractivity contribution in [3.63, 3.8) is 0 Å². The molecule has 0 aliphatic heterocycles. The fourth-order valence-corrected chi connectivity index (χ4v) is 1.32. The molecule has 0 unspecified atom stereocenters. The molecule has 12 heavy (non-hydrogen) atoms. The molecule has 2 aromatic rings. The minimum atomic E-state index is 0.567. The lowest BCUT2D eigenvalue weighted by Crippen LogP contribution is -1.78. The number of rotatable bonds is 0. The van der Waals surface area contributed by atoms with E-state index in [1.807, 2.05) is 12.1 Å². The van der Waals surface area contributed by atoms with Crippen LogP contribution in [-0.2, 0) is 0 Å². The fraction of sp³-hybridized carbons (Fsp3) is 0. The molecule has 3 heteroatoms. The monoisotopic (exact) mass is 196 g/mol. The summed E-state index contributed by atoms with van der Waals surface area (Å²) in [6.45, 7) is 0. The molecule has 2 rings (SSSR count). The van der Waals surface area contributed by atoms with E-state index in [0.717, 1.165) is 10.9 Å². The summed E-state index contributed by atoms with van der Waals surface area (Å²) in [6.07, 6.45) is 1.58. The average Bonchev–Trinajstić information content (AvgIpc) is 2.05. The fourth-order valence-electron chi connectivity index (χ4n) is 1.00. The molecule has 1 radical (unpaired) electrons. The van der Waals surface area contributed by atoms with Gasteiger partial charge in [0.25, 0.3) is 0 Å². The Morgan fingerprint density at radius 2 is 2.08 bits per heavy atom. The Balaban J connectivity index is 2.79. The van der Waals surface area contributed by atoms with Crippen LogP contribution < -0.4 is 0 Å². The maximum absolute atomic E-state index is 5.75. The molecule has 1 aromatic carbocycles. The first-order chi connectivity index (χ1) is 5.75. The van der Waals surface area contributed by atoms with E-state index in [-0.39, 0.29) is 0 Å². The van der Waals surface area contributed by atoms with Crippen molar-refractivity contribution in [3.8, 4) is 0 Å². The molecule has 0 atom stereocenters. The van der Waals surface area contributed by atoms with E-state index >= 15 is 0 Å². The van der Waals surface area contributed by atoms with Crippen molar-refractivity contribution in [2.24, 2.45) is 0 Å². The van der Waals surface area contributed by atoms with Gasteiger partial charge >= 0.3 is 0 Å². The zero-order valence-corrected chi connectivity index (χ0v) is 7.52. The van der Waals surface area contributed by atoms with Crippen molar-refractivity contribution in [2.75, 3.05) is 0 Å². The molecule has 1 heterocycles. The Labute approximate surface area is 79.9 Å². The topological polar surface area (TPSA) is 12.9 Å². The number of benzene rings is 1. The SMILES string of the molecule is Clc1[c]c2ncc(Cl)cc2cc1. The third-order valence-electron chi connectivity index (χ3n) is 1.53. The molecular weight excluding hydrogens is 193 g/mol. The molecule has 59 valence electrons. The van der Waals surface area contributed by atoms with Crippen LogP contribution in [0.3, 0.4) is 0 Å². The van der Waals surface area contributed by atoms with Gasteiger partial charge in [-0.3, -0.25) is 4.98 Å². The van der Waals surface area contributed by atoms with Crippen molar-refractivity contribution in [1.82, 2.24) is 4.98 Å². The smallest absolute Gasteiger partial charge is 0.0797 e. The van der Waals surface area contributed by atoms with Gasteiger partial charge in [0.05, 0.1) is 15.6 Å². The third-order valence-corrected chi connectivity index (χ3v) is 1.96. The Hall–Kier alpha value is -0.790. The Morgan fingerprint density at radius 3 is 2.92 bits per heavy atom. The largest absolute Gasteiger partial charge is 0.254 e. The van der Waals surface area contributed by atoms with Crippen LogP contribution in [0.5, 0.6) is 0 Å². The van der Waals surface area contributed by atoms with Gasteiger partial charge in [-0.2, -0.15) is 0 Å². The van der Waals surface area contributed by atoms with E-state index in [9.17, 15) is 0 Å². The Bertz CT molecular complexity index is 385. The lowest BCUT2D eigenvalue weighted by Gasteiger charge is -1.96. The van der Waals surface area contributed by atoms with Crippen LogP contribution in [0.4, 0.5) is 0 Å². The van der Waals surface area contributed by atoms with Gasteiger partial charge in [-0.1, -0.05) is 29.3 Å². The van der Waals surface area contributed by atoms with E-state index in [1.54, 1.807) is 12.3 Å². The van der Waals surface area contributed by atoms with Crippen molar-refractivity contribution >= 4 is 34.1 Å². The van der Waals surface area contributed by atoms with Crippen LogP contribution in [0.15, 0.2) is 24.4 Å². The quantitative estimate of drug-likeness (QED) is 0.631. The minimum absolute atomic E-state index is 0.567. The van der Waals surface area contributed by atoms with Crippen LogP contribution in [0.2, 0.25) is 10.0 Å². The number of hydrogen-bond donors (Lipinski definition) is 0. The van der Waals surface area contributed by atoms with Crippen molar-refractivity contribution in [3.05, 3.63) is 40.5 Å². The van der Waals surface area contributed by atoms with Crippen LogP contribution in [0.1, 0.15) is 0 Å². The number of halogens is 2. The highest BCUT2D eigenvalue weighted by Crippen LogP contribution is 2.19. The van der Waals surface area contributed by atoms with Gasteiger partial charge in [0, 0.05) is 17.6 Å². The highest BCUT2D eigenvalue weighted by atomic mass is 35.5. The maximum Gasteiger partial charge on any atom is 0.0797 e. The summed E-state index contributed by atoms with van der Waals surface area (Å²) in [7, 11) is 0. The van der Waals surface area contributed by atoms with Crippen molar-refractivity contribution in [2.45, 2.75) is 0 Å². The molecule has 0 fully saturated rings. The Kier molecular flexibility index (Phi) is 1.91. The summed E-state index contributed by atoms with van der Waals surface area (Å²) < 4.78 is 0. The lowest BCUT2D eigenvalue weighted by atomic mass is 10.2. The molecule has 0 N–H and O–H groups in total. The van der Waals surface area contributed by atoms with Crippen molar-refractivity contribution in [1.29, 1.82) is 0 Å². The first-order valence-electron chi connectivity index (χ1n) is 3.39. The second-order valence-corrected chi connectivity index (χ2v) is 3.24. The van der Waals surface area contributed by atoms with Gasteiger partial charge in [0.15, 0.2) is 0 Å². The summed E-state index contributed by atoms with van der Waals surface area (Å²) in [5, 5.41) is 2.14. The van der Waals surface area contributed by atoms with Gasteiger partial charge in [-0.05, 0) is 12.1 Å². The van der Waals surface area contributed by atoms with E-state index in [2.05, 4.69) is 11.1 Å². The number of fused-ring (bicyclic) bond motifs is 1. The summed E-state index contributed by atoms with van der Waals surface area (Å²) in [5.74, 6) is 0. The summed E-state index contributed by atoms with van der Waals surface area (Å²) in [6, 6.07) is 8.38. The molecule has 0 spiro atoms. The van der Waals surface area contributed by atoms with E-state index in [4.69, 9.17) is 23.2 Å². The average molecular weight is 197 g/mol. The molecule has 1 aromatic heterocycles. The second-order valence-electron chi connectivity index (χ2n) is 2.40. The van der Waals surface area contributed by atoms with Gasteiger partial charge in [-0.25, -0.2) is 0 Å². The summed E-state index contributed by atoms with van der Waals surface area (Å²) in [5.41, 5.74) is 0.743. The zero-order chi connectivity index (χ0) is 8.55. The molecule has 0 amide bonds. The van der Waals surface area contributed by atoms with Crippen LogP contribution in [-0.4, -0.2) is 4.98 Å². The van der Waals surface area contributed by atoms with Gasteiger partial charge in [0.1, 0.15) is 0 Å². The maximum atomic E-state index is 5.75. The predicted octanol–water partition coefficient (Wildman–Crippen LogP) is 3.34. The second kappa shape index (κ2) is 2.92. The standard InChI is InChI=1S/C9H4Cl2N/c10-7-2-1-6-3-8(11)5-12-9(6)4-7/h1-3,5H. The van der Waals surface area contributed by atoms with E-state index in [1.165, 1.54) is 0 Å². The molecule has 0 bridgehead atoms. The first kappa shape index (κ1) is 7.84. The summed E-state index contributed by atoms with van der Waals surface area (Å²) >= 11 is 11.5. The Morgan fingerprint density at radius 1 is 1.25 bits per heavy atom. The van der Waals surface area contributed by atoms with Gasteiger partial charge < -0.3 is 0 Å². The number of hydrogen-bond acceptors (Lipinski definition) is 1. The van der Waals surface area contributed by atoms with Crippen LogP contribution in [0, 0.1) is 6.07 Å². The highest BCUT2D eigenvalue weighted by Gasteiger charge is 1.96. The zero-order valence-electron chi connectivity index (χ0n) is 6.01. The lowest BCUT2D eigenvalue weighted by molar-refractivity contribution is 1.41. The van der Waals surface area contributed by atoms with Gasteiger partial charge in [-0.15, -0.1) is 0 Å². The number of aromatic nitrogens is 1. The van der Waals surface area contributed by atoms with E-state index < -0.39 is 0 Å². The molecule has 0 saturated carbocycles. The van der Waals surface area contributed by atoms with Crippen LogP contribution in [0.25, 0.3) is 10.9 Å². The summed E-state index contributed by atoms with van der Waals surface area (Å²) in [4.78, 5) is 4.07. The molecule has 0 saturated heterocycles. The van der Waals surface area contributed by atoms with Crippen LogP contribution >= 0.6 is 23.2 Å². The number of pyridine rings is 1. The molecule has 0 aliphatic carbocycles. The molecule has 0 aliphatic rings. The normalized spacial score (nSPS) is 10.5. The minimum Gasteiger partial charge on any atom is -0.254 e. The first-order valence-corrected chi connectivity index (χ1v) is 4.14. The third kappa shape index (κ3) is 1.38. The van der Waals surface area contributed by atoms with Crippen molar-refractivity contribution < 1.29 is 0 Å². The van der Waals surface area contributed by atoms with Gasteiger partial charge in [0.2, 0.25) is 0 Å².